The summed E-state index contributed by atoms with van der Waals surface area (Å²) in [5.74, 6) is -1.04. The zero-order valence-electron chi connectivity index (χ0n) is 30.8. The van der Waals surface area contributed by atoms with Gasteiger partial charge in [0.1, 0.15) is 0 Å². The van der Waals surface area contributed by atoms with Gasteiger partial charge in [-0.3, -0.25) is 0 Å². The van der Waals surface area contributed by atoms with Gasteiger partial charge in [-0.2, -0.15) is 0 Å². The molecule has 0 bridgehead atoms. The fourth-order valence-corrected chi connectivity index (χ4v) is 23.6. The molecule has 1 saturated carbocycles. The third-order valence-corrected chi connectivity index (χ3v) is 27.7. The Hall–Kier alpha value is -1.44. The minimum atomic E-state index is -3.36. The molecule has 2 aliphatic rings. The molecule has 0 aromatic heterocycles. The molecule has 1 aliphatic heterocycles. The molecule has 1 fully saturated rings. The van der Waals surface area contributed by atoms with Gasteiger partial charge in [0.25, 0.3) is 0 Å². The first-order chi connectivity index (χ1) is 22.5. The maximum absolute atomic E-state index is 16.7. The first kappa shape index (κ1) is 41.0. The predicted octanol–water partition coefficient (Wildman–Crippen LogP) is 9.98. The summed E-state index contributed by atoms with van der Waals surface area (Å²) in [5, 5.41) is 10.4. The Kier molecular flexibility index (Phi) is 14.7. The van der Waals surface area contributed by atoms with Gasteiger partial charge in [0.15, 0.2) is 0 Å². The molecule has 3 rings (SSSR count). The average Bonchev–Trinajstić information content (AvgIpc) is 3.77. The SMILES string of the molecule is CCC[CH2][Sn]([CH2]CCC)([CH2]CCC)/[C](F)=C/c1ccc(F)c([C@@]2(C)N=C(N(COCC[Si](C)(C)C)C(=O)O)S[C@@]3(C(=O)N(C)C)C[C@H]32)c1. The van der Waals surface area contributed by atoms with Gasteiger partial charge in [-0.15, -0.1) is 0 Å². The zero-order valence-corrected chi connectivity index (χ0v) is 35.4. The summed E-state index contributed by atoms with van der Waals surface area (Å²) in [4.78, 5) is 33.7. The Labute approximate surface area is 297 Å². The third-order valence-electron chi connectivity index (χ3n) is 10.00. The second-order valence-electron chi connectivity index (χ2n) is 15.4. The maximum atomic E-state index is 16.7. The Morgan fingerprint density at radius 3 is 2.19 bits per heavy atom. The van der Waals surface area contributed by atoms with Crippen molar-refractivity contribution in [2.75, 3.05) is 27.4 Å². The van der Waals surface area contributed by atoms with E-state index in [1.807, 2.05) is 0 Å². The molecular formula is C36H59F2N3O4SSiSn. The van der Waals surface area contributed by atoms with Crippen molar-refractivity contribution < 1.29 is 28.2 Å². The molecule has 1 aliphatic carbocycles. The number of amides is 2. The molecule has 48 heavy (non-hydrogen) atoms. The van der Waals surface area contributed by atoms with Crippen LogP contribution in [0.4, 0.5) is 13.6 Å². The standard InChI is InChI=1S/C24H32F2N3O4SSi.3C4H9.Sn/c1-23(17-13-16(9-10-25)7-8-18(17)26)19-14-24(19,20(30)28(2)3)34-21(27-23)29(22(31)32)15-33-11-12-35(4,5)6;3*1-3-4-2;/h7-9,13,19H,11-12,14-15H2,1-6H3,(H,31,32);3*1,3-4H2,2H3;/t19-,23+,24-;;;;/m0..../s1. The average molecular weight is 815 g/mol. The Morgan fingerprint density at radius 2 is 1.69 bits per heavy atom. The molecule has 0 spiro atoms. The van der Waals surface area contributed by atoms with E-state index in [-0.39, 0.29) is 33.1 Å². The van der Waals surface area contributed by atoms with Crippen molar-refractivity contribution in [3.8, 4) is 0 Å². The van der Waals surface area contributed by atoms with Crippen LogP contribution in [0.15, 0.2) is 27.0 Å². The molecule has 270 valence electrons. The number of hydrogen-bond donors (Lipinski definition) is 1. The minimum absolute atomic E-state index is 0.0434. The summed E-state index contributed by atoms with van der Waals surface area (Å²) in [5.41, 5.74) is -0.419. The van der Waals surface area contributed by atoms with E-state index in [0.29, 0.717) is 18.6 Å². The summed E-state index contributed by atoms with van der Waals surface area (Å²) >= 11 is -2.22. The van der Waals surface area contributed by atoms with Crippen LogP contribution in [-0.4, -0.2) is 90.7 Å². The normalized spacial score (nSPS) is 22.6. The number of ether oxygens (including phenoxy) is 1. The number of hydrogen-bond acceptors (Lipinski definition) is 5. The van der Waals surface area contributed by atoms with Gasteiger partial charge >= 0.3 is 265 Å². The van der Waals surface area contributed by atoms with Crippen LogP contribution in [0.2, 0.25) is 39.0 Å². The summed E-state index contributed by atoms with van der Waals surface area (Å²) in [7, 11) is 1.94. The van der Waals surface area contributed by atoms with Crippen molar-refractivity contribution in [1.29, 1.82) is 0 Å². The number of unbranched alkanes of at least 4 members (excludes halogenated alkanes) is 3. The number of nitrogens with zero attached hydrogens (tertiary/aromatic N) is 3. The van der Waals surface area contributed by atoms with Crippen LogP contribution < -0.4 is 0 Å². The summed E-state index contributed by atoms with van der Waals surface area (Å²) in [6.45, 7) is 15.1. The summed E-state index contributed by atoms with van der Waals surface area (Å²) in [6, 6.07) is 5.54. The van der Waals surface area contributed by atoms with Crippen LogP contribution in [0.3, 0.4) is 0 Å². The van der Waals surface area contributed by atoms with Crippen molar-refractivity contribution in [3.05, 3.63) is 39.0 Å². The van der Waals surface area contributed by atoms with Gasteiger partial charge in [0.2, 0.25) is 0 Å². The van der Waals surface area contributed by atoms with E-state index in [9.17, 15) is 14.7 Å². The second kappa shape index (κ2) is 17.2. The zero-order chi connectivity index (χ0) is 35.9. The first-order valence-corrected chi connectivity index (χ1v) is 29.8. The predicted molar refractivity (Wildman–Crippen MR) is 201 cm³/mol. The fraction of sp³-hybridized carbons (Fsp3) is 0.694. The molecule has 0 saturated heterocycles. The third kappa shape index (κ3) is 9.66. The molecule has 1 heterocycles. The summed E-state index contributed by atoms with van der Waals surface area (Å²) in [6.07, 6.45) is 7.01. The van der Waals surface area contributed by atoms with E-state index in [1.165, 1.54) is 11.0 Å². The van der Waals surface area contributed by atoms with Crippen LogP contribution in [0, 0.1) is 11.7 Å². The van der Waals surface area contributed by atoms with Gasteiger partial charge in [-0.25, -0.2) is 0 Å². The second-order valence-corrected chi connectivity index (χ2v) is 35.2. The van der Waals surface area contributed by atoms with Crippen molar-refractivity contribution in [3.63, 3.8) is 0 Å². The number of carbonyl (C=O) groups excluding carboxylic acids is 1. The van der Waals surface area contributed by atoms with Gasteiger partial charge in [0, 0.05) is 8.07 Å². The number of carbonyl (C=O) groups is 2. The molecule has 7 nitrogen and oxygen atoms in total. The Bertz CT molecular complexity index is 1330. The summed E-state index contributed by atoms with van der Waals surface area (Å²) < 4.78 is 40.4. The van der Waals surface area contributed by atoms with Crippen LogP contribution in [0.25, 0.3) is 6.08 Å². The van der Waals surface area contributed by atoms with Gasteiger partial charge in [0.05, 0.1) is 0 Å². The molecule has 12 heteroatoms. The number of aliphatic imine (C=N–C) groups is 1. The monoisotopic (exact) mass is 815 g/mol. The quantitative estimate of drug-likeness (QED) is 0.0907. The Balaban J connectivity index is 2.11. The van der Waals surface area contributed by atoms with Crippen molar-refractivity contribution in [2.24, 2.45) is 10.9 Å². The van der Waals surface area contributed by atoms with E-state index < -0.39 is 48.6 Å². The van der Waals surface area contributed by atoms with Crippen LogP contribution >= 0.6 is 11.8 Å². The molecule has 0 unspecified atom stereocenters. The van der Waals surface area contributed by atoms with E-state index in [0.717, 1.165) is 74.5 Å². The van der Waals surface area contributed by atoms with Crippen molar-refractivity contribution in [1.82, 2.24) is 9.80 Å². The van der Waals surface area contributed by atoms with E-state index >= 15 is 8.78 Å². The van der Waals surface area contributed by atoms with Crippen LogP contribution in [-0.2, 0) is 15.1 Å². The molecule has 2 amide bonds. The van der Waals surface area contributed by atoms with E-state index in [4.69, 9.17) is 9.73 Å². The van der Waals surface area contributed by atoms with E-state index in [1.54, 1.807) is 39.2 Å². The molecule has 1 N–H and O–H groups in total. The fourth-order valence-electron chi connectivity index (χ4n) is 6.82. The van der Waals surface area contributed by atoms with Crippen LogP contribution in [0.1, 0.15) is 83.8 Å². The number of halogens is 2. The van der Waals surface area contributed by atoms with E-state index in [2.05, 4.69) is 40.4 Å². The number of thioether (sulfide) groups is 1. The van der Waals surface area contributed by atoms with Crippen LogP contribution in [0.5, 0.6) is 0 Å². The van der Waals surface area contributed by atoms with Gasteiger partial charge in [-0.05, 0) is 6.04 Å². The number of amidine groups is 1. The van der Waals surface area contributed by atoms with Crippen molar-refractivity contribution in [2.45, 2.75) is 122 Å². The molecule has 1 aromatic carbocycles. The van der Waals surface area contributed by atoms with Crippen molar-refractivity contribution >= 4 is 61.5 Å². The first-order valence-electron chi connectivity index (χ1n) is 17.8. The number of carboxylic acid groups (broad SMARTS) is 1. The molecule has 3 atom stereocenters. The van der Waals surface area contributed by atoms with Gasteiger partial charge < -0.3 is 0 Å². The number of fused-ring (bicyclic) bond motifs is 1. The molecule has 0 radical (unpaired) electrons. The van der Waals surface area contributed by atoms with Gasteiger partial charge in [-0.1, -0.05) is 19.6 Å². The number of rotatable bonds is 18. The number of benzene rings is 1. The molecular weight excluding hydrogens is 755 g/mol. The Morgan fingerprint density at radius 1 is 1.10 bits per heavy atom. The molecule has 1 aromatic rings. The topological polar surface area (TPSA) is 82.4 Å².